The van der Waals surface area contributed by atoms with Gasteiger partial charge in [0.2, 0.25) is 5.56 Å². The molecule has 0 saturated carbocycles. The number of hydrogen-bond donors (Lipinski definition) is 2. The zero-order chi connectivity index (χ0) is 18.4. The Kier molecular flexibility index (Phi) is 6.02. The first-order valence-corrected chi connectivity index (χ1v) is 8.50. The predicted octanol–water partition coefficient (Wildman–Crippen LogP) is 4.25. The molecule has 0 fully saturated rings. The molecule has 1 aromatic rings. The number of pyridine rings is 1. The highest BCUT2D eigenvalue weighted by Crippen LogP contribution is 2.23. The van der Waals surface area contributed by atoms with Crippen molar-refractivity contribution < 1.29 is 9.53 Å². The molecule has 1 heterocycles. The molecule has 0 saturated heterocycles. The van der Waals surface area contributed by atoms with Crippen molar-refractivity contribution in [1.82, 2.24) is 10.3 Å². The van der Waals surface area contributed by atoms with Crippen LogP contribution in [0, 0.1) is 0 Å². The molecule has 0 spiro atoms. The third-order valence-corrected chi connectivity index (χ3v) is 3.66. The molecule has 1 atom stereocenters. The van der Waals surface area contributed by atoms with Crippen LogP contribution in [-0.2, 0) is 4.74 Å². The molecule has 2 rings (SSSR count). The van der Waals surface area contributed by atoms with Gasteiger partial charge in [-0.2, -0.15) is 0 Å². The molecule has 0 bridgehead atoms. The molecule has 0 radical (unpaired) electrons. The quantitative estimate of drug-likeness (QED) is 0.786. The maximum atomic E-state index is 12.1. The van der Waals surface area contributed by atoms with Crippen LogP contribution in [0.1, 0.15) is 57.3 Å². The summed E-state index contributed by atoms with van der Waals surface area (Å²) in [6.07, 6.45) is 9.85. The molecule has 134 valence electrons. The molecule has 1 aliphatic carbocycles. The second kappa shape index (κ2) is 8.01. The monoisotopic (exact) mass is 342 g/mol. The normalized spacial score (nSPS) is 15.2. The minimum Gasteiger partial charge on any atom is -0.444 e. The third-order valence-electron chi connectivity index (χ3n) is 3.66. The Morgan fingerprint density at radius 1 is 1.40 bits per heavy atom. The SMILES string of the molecule is C=CCC(NC(=O)OC(C)(C)C)c1cc(C2=CCCC=C2)cc(=O)[nH]1. The van der Waals surface area contributed by atoms with Crippen molar-refractivity contribution in [3.8, 4) is 0 Å². The summed E-state index contributed by atoms with van der Waals surface area (Å²) in [6.45, 7) is 9.15. The van der Waals surface area contributed by atoms with E-state index in [9.17, 15) is 9.59 Å². The van der Waals surface area contributed by atoms with Crippen molar-refractivity contribution in [1.29, 1.82) is 0 Å². The van der Waals surface area contributed by atoms with E-state index in [1.165, 1.54) is 0 Å². The maximum absolute atomic E-state index is 12.1. The Balaban J connectivity index is 2.28. The molecule has 0 aliphatic heterocycles. The summed E-state index contributed by atoms with van der Waals surface area (Å²) < 4.78 is 5.31. The van der Waals surface area contributed by atoms with Gasteiger partial charge >= 0.3 is 6.09 Å². The Morgan fingerprint density at radius 2 is 2.16 bits per heavy atom. The lowest BCUT2D eigenvalue weighted by atomic mass is 9.98. The first-order valence-electron chi connectivity index (χ1n) is 8.50. The number of carbonyl (C=O) groups excluding carboxylic acids is 1. The van der Waals surface area contributed by atoms with Gasteiger partial charge in [0.15, 0.2) is 0 Å². The van der Waals surface area contributed by atoms with Crippen molar-refractivity contribution >= 4 is 11.7 Å². The summed E-state index contributed by atoms with van der Waals surface area (Å²) in [5.74, 6) is 0. The zero-order valence-electron chi connectivity index (χ0n) is 15.1. The number of hydrogen-bond acceptors (Lipinski definition) is 3. The van der Waals surface area contributed by atoms with Crippen molar-refractivity contribution in [2.45, 2.75) is 51.7 Å². The molecule has 5 nitrogen and oxygen atoms in total. The summed E-state index contributed by atoms with van der Waals surface area (Å²) in [4.78, 5) is 27.0. The van der Waals surface area contributed by atoms with E-state index in [1.54, 1.807) is 32.9 Å². The van der Waals surface area contributed by atoms with Crippen LogP contribution in [-0.4, -0.2) is 16.7 Å². The fourth-order valence-electron chi connectivity index (χ4n) is 2.63. The fraction of sp³-hybridized carbons (Fsp3) is 0.400. The van der Waals surface area contributed by atoms with Gasteiger partial charge in [-0.3, -0.25) is 4.79 Å². The topological polar surface area (TPSA) is 71.2 Å². The minimum absolute atomic E-state index is 0.201. The molecular formula is C20H26N2O3. The van der Waals surface area contributed by atoms with Gasteiger partial charge in [0, 0.05) is 11.8 Å². The number of alkyl carbamates (subject to hydrolysis) is 1. The molecule has 0 aromatic carbocycles. The Morgan fingerprint density at radius 3 is 2.76 bits per heavy atom. The average Bonchev–Trinajstić information content (AvgIpc) is 2.53. The molecular weight excluding hydrogens is 316 g/mol. The third kappa shape index (κ3) is 5.78. The van der Waals surface area contributed by atoms with Crippen molar-refractivity contribution in [3.05, 3.63) is 64.6 Å². The molecule has 5 heteroatoms. The highest BCUT2D eigenvalue weighted by molar-refractivity contribution is 5.75. The van der Waals surface area contributed by atoms with Gasteiger partial charge in [-0.1, -0.05) is 24.3 Å². The van der Waals surface area contributed by atoms with Crippen LogP contribution in [0.25, 0.3) is 5.57 Å². The molecule has 1 aliphatic rings. The zero-order valence-corrected chi connectivity index (χ0v) is 15.1. The highest BCUT2D eigenvalue weighted by atomic mass is 16.6. The molecule has 25 heavy (non-hydrogen) atoms. The van der Waals surface area contributed by atoms with E-state index in [1.807, 2.05) is 12.1 Å². The van der Waals surface area contributed by atoms with E-state index in [-0.39, 0.29) is 5.56 Å². The lowest BCUT2D eigenvalue weighted by Gasteiger charge is -2.23. The van der Waals surface area contributed by atoms with Gasteiger partial charge in [-0.05, 0) is 57.2 Å². The largest absolute Gasteiger partial charge is 0.444 e. The average molecular weight is 342 g/mol. The number of aromatic nitrogens is 1. The lowest BCUT2D eigenvalue weighted by molar-refractivity contribution is 0.0503. The number of carbonyl (C=O) groups is 1. The lowest BCUT2D eigenvalue weighted by Crippen LogP contribution is -2.35. The van der Waals surface area contributed by atoms with Gasteiger partial charge in [0.05, 0.1) is 6.04 Å². The van der Waals surface area contributed by atoms with Crippen molar-refractivity contribution in [2.75, 3.05) is 0 Å². The van der Waals surface area contributed by atoms with Crippen LogP contribution in [0.4, 0.5) is 4.79 Å². The number of aromatic amines is 1. The van der Waals surface area contributed by atoms with E-state index in [4.69, 9.17) is 4.74 Å². The van der Waals surface area contributed by atoms with Gasteiger partial charge in [0.25, 0.3) is 0 Å². The molecule has 1 unspecified atom stereocenters. The van der Waals surface area contributed by atoms with E-state index in [0.717, 1.165) is 24.0 Å². The summed E-state index contributed by atoms with van der Waals surface area (Å²) in [7, 11) is 0. The Bertz CT molecular complexity index is 751. The van der Waals surface area contributed by atoms with Crippen molar-refractivity contribution in [2.24, 2.45) is 0 Å². The van der Waals surface area contributed by atoms with Crippen LogP contribution in [0.15, 0.2) is 47.8 Å². The Hall–Kier alpha value is -2.56. The van der Waals surface area contributed by atoms with Crippen LogP contribution < -0.4 is 10.9 Å². The number of allylic oxidation sites excluding steroid dienone is 4. The van der Waals surface area contributed by atoms with Gasteiger partial charge in [0.1, 0.15) is 5.60 Å². The number of amides is 1. The maximum Gasteiger partial charge on any atom is 0.408 e. The van der Waals surface area contributed by atoms with Gasteiger partial charge in [-0.25, -0.2) is 4.79 Å². The first-order chi connectivity index (χ1) is 11.8. The van der Waals surface area contributed by atoms with Crippen LogP contribution in [0.5, 0.6) is 0 Å². The first kappa shape index (κ1) is 18.8. The van der Waals surface area contributed by atoms with Crippen LogP contribution in [0.3, 0.4) is 0 Å². The fourth-order valence-corrected chi connectivity index (χ4v) is 2.63. The Labute approximate surface area is 148 Å². The number of H-pyrrole nitrogens is 1. The summed E-state index contributed by atoms with van der Waals surface area (Å²) >= 11 is 0. The number of ether oxygens (including phenoxy) is 1. The smallest absolute Gasteiger partial charge is 0.408 e. The summed E-state index contributed by atoms with van der Waals surface area (Å²) in [5, 5.41) is 2.81. The van der Waals surface area contributed by atoms with E-state index >= 15 is 0 Å². The van der Waals surface area contributed by atoms with E-state index in [0.29, 0.717) is 12.1 Å². The van der Waals surface area contributed by atoms with Crippen LogP contribution >= 0.6 is 0 Å². The molecule has 2 N–H and O–H groups in total. The van der Waals surface area contributed by atoms with Crippen molar-refractivity contribution in [3.63, 3.8) is 0 Å². The standard InChI is InChI=1S/C20H26N2O3/c1-5-9-16(22-19(24)25-20(2,3)4)17-12-15(13-18(23)21-17)14-10-7-6-8-11-14/h5,7,10-13,16H,1,6,8-9H2,2-4H3,(H,21,23)(H,22,24). The van der Waals surface area contributed by atoms with Crippen LogP contribution in [0.2, 0.25) is 0 Å². The predicted molar refractivity (Wildman–Crippen MR) is 100 cm³/mol. The van der Waals surface area contributed by atoms with E-state index < -0.39 is 17.7 Å². The minimum atomic E-state index is -0.588. The summed E-state index contributed by atoms with van der Waals surface area (Å²) in [5.41, 5.74) is 1.71. The molecule has 1 aromatic heterocycles. The number of nitrogens with one attached hydrogen (secondary N) is 2. The second-order valence-electron chi connectivity index (χ2n) is 7.05. The van der Waals surface area contributed by atoms with Gasteiger partial charge in [-0.15, -0.1) is 6.58 Å². The highest BCUT2D eigenvalue weighted by Gasteiger charge is 2.21. The van der Waals surface area contributed by atoms with Gasteiger partial charge < -0.3 is 15.0 Å². The molecule has 1 amide bonds. The number of rotatable bonds is 5. The second-order valence-corrected chi connectivity index (χ2v) is 7.05. The van der Waals surface area contributed by atoms with E-state index in [2.05, 4.69) is 29.0 Å². The summed E-state index contributed by atoms with van der Waals surface area (Å²) in [6, 6.07) is 3.06.